The molecule has 5 aromatic rings. The number of halogens is 1. The van der Waals surface area contributed by atoms with Gasteiger partial charge in [-0.25, -0.2) is 19.3 Å². The fraction of sp³-hybridized carbons (Fsp3) is 0.120. The van der Waals surface area contributed by atoms with Crippen molar-refractivity contribution >= 4 is 28.3 Å². The van der Waals surface area contributed by atoms with Crippen LogP contribution < -0.4 is 5.32 Å². The molecule has 0 saturated heterocycles. The zero-order valence-corrected chi connectivity index (χ0v) is 18.4. The molecule has 2 N–H and O–H groups in total. The molecule has 0 fully saturated rings. The lowest BCUT2D eigenvalue weighted by atomic mass is 10.1. The smallest absolute Gasteiger partial charge is 0.251 e. The molecule has 0 spiro atoms. The maximum atomic E-state index is 13.5. The van der Waals surface area contributed by atoms with E-state index in [4.69, 9.17) is 9.97 Å². The number of benzene rings is 2. The molecular formula is C25H20FN5OS. The third kappa shape index (κ3) is 4.65. The van der Waals surface area contributed by atoms with Crippen molar-refractivity contribution in [2.45, 2.75) is 12.8 Å². The number of H-pyrrole nitrogens is 1. The number of thiophene rings is 1. The fourth-order valence-electron chi connectivity index (χ4n) is 3.58. The summed E-state index contributed by atoms with van der Waals surface area (Å²) in [6, 6.07) is 15.5. The summed E-state index contributed by atoms with van der Waals surface area (Å²) >= 11 is 1.56. The highest BCUT2D eigenvalue weighted by Crippen LogP contribution is 2.33. The van der Waals surface area contributed by atoms with Gasteiger partial charge in [-0.1, -0.05) is 6.07 Å². The number of fused-ring (bicyclic) bond motifs is 1. The third-order valence-electron chi connectivity index (χ3n) is 5.23. The van der Waals surface area contributed by atoms with Crippen LogP contribution in [0.15, 0.2) is 72.4 Å². The molecule has 0 atom stereocenters. The van der Waals surface area contributed by atoms with Crippen LogP contribution in [0.3, 0.4) is 0 Å². The van der Waals surface area contributed by atoms with Crippen LogP contribution in [0.5, 0.6) is 0 Å². The van der Waals surface area contributed by atoms with E-state index in [1.807, 2.05) is 17.5 Å². The largest absolute Gasteiger partial charge is 0.352 e. The summed E-state index contributed by atoms with van der Waals surface area (Å²) in [5, 5.41) is 4.92. The molecule has 164 valence electrons. The Balaban J connectivity index is 1.42. The molecule has 5 rings (SSSR count). The minimum absolute atomic E-state index is 0.154. The molecule has 0 saturated carbocycles. The lowest BCUT2D eigenvalue weighted by Crippen LogP contribution is -2.24. The van der Waals surface area contributed by atoms with Gasteiger partial charge in [0.05, 0.1) is 21.6 Å². The number of aryl methyl sites for hydroxylation is 1. The van der Waals surface area contributed by atoms with Crippen LogP contribution in [-0.4, -0.2) is 32.4 Å². The second-order valence-electron chi connectivity index (χ2n) is 7.50. The van der Waals surface area contributed by atoms with Gasteiger partial charge < -0.3 is 10.3 Å². The first-order chi connectivity index (χ1) is 16.2. The predicted octanol–water partition coefficient (Wildman–Crippen LogP) is 5.25. The van der Waals surface area contributed by atoms with Crippen molar-refractivity contribution in [2.24, 2.45) is 0 Å². The van der Waals surface area contributed by atoms with Crippen molar-refractivity contribution < 1.29 is 9.18 Å². The van der Waals surface area contributed by atoms with Gasteiger partial charge in [0, 0.05) is 36.5 Å². The van der Waals surface area contributed by atoms with Gasteiger partial charge in [-0.2, -0.15) is 0 Å². The predicted molar refractivity (Wildman–Crippen MR) is 127 cm³/mol. The number of carbonyl (C=O) groups is 1. The van der Waals surface area contributed by atoms with E-state index in [1.165, 1.54) is 12.1 Å². The molecule has 0 aliphatic carbocycles. The maximum absolute atomic E-state index is 13.5. The molecular weight excluding hydrogens is 437 g/mol. The van der Waals surface area contributed by atoms with E-state index < -0.39 is 0 Å². The van der Waals surface area contributed by atoms with Crippen molar-refractivity contribution in [1.29, 1.82) is 0 Å². The maximum Gasteiger partial charge on any atom is 0.251 e. The Bertz CT molecular complexity index is 1380. The van der Waals surface area contributed by atoms with Gasteiger partial charge in [0.2, 0.25) is 0 Å². The summed E-state index contributed by atoms with van der Waals surface area (Å²) in [5.74, 6) is 0.451. The highest BCUT2D eigenvalue weighted by atomic mass is 32.1. The molecule has 0 unspecified atom stereocenters. The number of aromatic amines is 1. The van der Waals surface area contributed by atoms with E-state index in [9.17, 15) is 9.18 Å². The average Bonchev–Trinajstić information content (AvgIpc) is 3.56. The number of amides is 1. The van der Waals surface area contributed by atoms with Crippen LogP contribution in [0.4, 0.5) is 4.39 Å². The van der Waals surface area contributed by atoms with E-state index in [0.29, 0.717) is 34.5 Å². The molecule has 0 aliphatic heterocycles. The number of aromatic nitrogens is 4. The Morgan fingerprint density at radius 2 is 1.88 bits per heavy atom. The molecule has 8 heteroatoms. The minimum atomic E-state index is -0.301. The molecule has 3 heterocycles. The summed E-state index contributed by atoms with van der Waals surface area (Å²) in [6.07, 6.45) is 5.06. The lowest BCUT2D eigenvalue weighted by molar-refractivity contribution is 0.0953. The van der Waals surface area contributed by atoms with Crippen LogP contribution in [0.1, 0.15) is 22.6 Å². The standard InChI is InChI=1S/C25H20FN5OS/c26-18-8-5-16(6-9-18)23-24(21-3-2-14-33-21)31-20-15-17(7-10-19(20)30-23)25(32)29-11-1-4-22-27-12-13-28-22/h2-3,5-10,12-15H,1,4,11H2,(H,27,28)(H,29,32). The molecule has 6 nitrogen and oxygen atoms in total. The van der Waals surface area contributed by atoms with Crippen molar-refractivity contribution in [3.05, 3.63) is 89.6 Å². The van der Waals surface area contributed by atoms with Gasteiger partial charge in [0.1, 0.15) is 17.3 Å². The second-order valence-corrected chi connectivity index (χ2v) is 8.45. The summed E-state index contributed by atoms with van der Waals surface area (Å²) in [5.41, 5.74) is 4.01. The minimum Gasteiger partial charge on any atom is -0.352 e. The molecule has 1 amide bonds. The van der Waals surface area contributed by atoms with Gasteiger partial charge in [0.15, 0.2) is 0 Å². The zero-order valence-electron chi connectivity index (χ0n) is 17.6. The molecule has 2 aromatic carbocycles. The van der Waals surface area contributed by atoms with Gasteiger partial charge in [-0.3, -0.25) is 4.79 Å². The molecule has 0 aliphatic rings. The fourth-order valence-corrected chi connectivity index (χ4v) is 4.30. The van der Waals surface area contributed by atoms with Crippen LogP contribution in [0.25, 0.3) is 32.9 Å². The number of imidazole rings is 1. The summed E-state index contributed by atoms with van der Waals surface area (Å²) in [6.45, 7) is 0.549. The summed E-state index contributed by atoms with van der Waals surface area (Å²) in [7, 11) is 0. The lowest BCUT2D eigenvalue weighted by Gasteiger charge is -2.10. The Kier molecular flexibility index (Phi) is 5.91. The monoisotopic (exact) mass is 457 g/mol. The van der Waals surface area contributed by atoms with Crippen LogP contribution in [-0.2, 0) is 6.42 Å². The van der Waals surface area contributed by atoms with Crippen LogP contribution in [0.2, 0.25) is 0 Å². The van der Waals surface area contributed by atoms with E-state index in [2.05, 4.69) is 15.3 Å². The Morgan fingerprint density at radius 1 is 1.03 bits per heavy atom. The summed E-state index contributed by atoms with van der Waals surface area (Å²) < 4.78 is 13.5. The van der Waals surface area contributed by atoms with E-state index in [1.54, 1.807) is 54.1 Å². The first kappa shape index (κ1) is 21.0. The summed E-state index contributed by atoms with van der Waals surface area (Å²) in [4.78, 5) is 30.5. The second kappa shape index (κ2) is 9.30. The Hall–Kier alpha value is -3.91. The Morgan fingerprint density at radius 3 is 2.64 bits per heavy atom. The molecule has 33 heavy (non-hydrogen) atoms. The molecule has 0 bridgehead atoms. The highest BCUT2D eigenvalue weighted by molar-refractivity contribution is 7.13. The first-order valence-corrected chi connectivity index (χ1v) is 11.4. The van der Waals surface area contributed by atoms with Crippen molar-refractivity contribution in [1.82, 2.24) is 25.3 Å². The van der Waals surface area contributed by atoms with E-state index >= 15 is 0 Å². The average molecular weight is 458 g/mol. The number of rotatable bonds is 7. The number of nitrogens with one attached hydrogen (secondary N) is 2. The third-order valence-corrected chi connectivity index (χ3v) is 6.11. The van der Waals surface area contributed by atoms with E-state index in [-0.39, 0.29) is 11.7 Å². The number of carbonyl (C=O) groups excluding carboxylic acids is 1. The topological polar surface area (TPSA) is 83.6 Å². The van der Waals surface area contributed by atoms with Gasteiger partial charge in [-0.05, 0) is 60.3 Å². The number of hydrogen-bond donors (Lipinski definition) is 2. The first-order valence-electron chi connectivity index (χ1n) is 10.6. The molecule has 0 radical (unpaired) electrons. The van der Waals surface area contributed by atoms with Gasteiger partial charge in [0.25, 0.3) is 5.91 Å². The van der Waals surface area contributed by atoms with Gasteiger partial charge in [-0.15, -0.1) is 11.3 Å². The Labute approximate surface area is 193 Å². The van der Waals surface area contributed by atoms with Crippen LogP contribution >= 0.6 is 11.3 Å². The van der Waals surface area contributed by atoms with E-state index in [0.717, 1.165) is 29.1 Å². The molecule has 3 aromatic heterocycles. The SMILES string of the molecule is O=C(NCCCc1ncc[nH]1)c1ccc2nc(-c3ccc(F)cc3)c(-c3cccs3)nc2c1. The van der Waals surface area contributed by atoms with Crippen molar-refractivity contribution in [3.63, 3.8) is 0 Å². The van der Waals surface area contributed by atoms with Crippen molar-refractivity contribution in [2.75, 3.05) is 6.54 Å². The quantitative estimate of drug-likeness (QED) is 0.327. The van der Waals surface area contributed by atoms with Gasteiger partial charge >= 0.3 is 0 Å². The number of nitrogens with zero attached hydrogens (tertiary/aromatic N) is 3. The highest BCUT2D eigenvalue weighted by Gasteiger charge is 2.15. The normalized spacial score (nSPS) is 11.1. The van der Waals surface area contributed by atoms with Crippen LogP contribution in [0, 0.1) is 5.82 Å². The van der Waals surface area contributed by atoms with Crippen molar-refractivity contribution in [3.8, 4) is 21.8 Å². The number of hydrogen-bond acceptors (Lipinski definition) is 5. The zero-order chi connectivity index (χ0) is 22.6.